The van der Waals surface area contributed by atoms with E-state index in [0.29, 0.717) is 29.0 Å². The summed E-state index contributed by atoms with van der Waals surface area (Å²) in [4.78, 5) is 37.5. The van der Waals surface area contributed by atoms with E-state index in [0.717, 1.165) is 22.1 Å². The van der Waals surface area contributed by atoms with Crippen LogP contribution in [0.4, 0.5) is 10.5 Å². The Hall–Kier alpha value is -3.50. The Morgan fingerprint density at radius 2 is 1.91 bits per heavy atom. The normalized spacial score (nSPS) is 11.7. The number of ether oxygens (including phenoxy) is 1. The van der Waals surface area contributed by atoms with E-state index in [9.17, 15) is 18.9 Å². The van der Waals surface area contributed by atoms with E-state index in [-0.39, 0.29) is 11.7 Å². The van der Waals surface area contributed by atoms with Gasteiger partial charge in [-0.05, 0) is 48.7 Å². The lowest BCUT2D eigenvalue weighted by atomic mass is 9.98. The van der Waals surface area contributed by atoms with Crippen molar-refractivity contribution in [3.8, 4) is 5.75 Å². The molecule has 2 amide bonds. The molecule has 0 radical (unpaired) electrons. The average molecular weight is 486 g/mol. The molecule has 0 saturated carbocycles. The number of anilines is 1. The molecule has 0 fully saturated rings. The molecule has 0 bridgehead atoms. The quantitative estimate of drug-likeness (QED) is 0.389. The highest BCUT2D eigenvalue weighted by atomic mass is 32.2. The first-order chi connectivity index (χ1) is 16.1. The Balaban J connectivity index is 1.89. The second-order valence-corrected chi connectivity index (χ2v) is 9.20. The van der Waals surface area contributed by atoms with Gasteiger partial charge >= 0.3 is 11.7 Å². The maximum atomic E-state index is 12.8. The number of carbonyl (C=O) groups excluding carboxylic acids is 2. The van der Waals surface area contributed by atoms with Gasteiger partial charge in [0.1, 0.15) is 11.3 Å². The molecule has 0 saturated heterocycles. The minimum Gasteiger partial charge on any atom is -0.593 e. The molecule has 1 heterocycles. The largest absolute Gasteiger partial charge is 0.593 e. The lowest BCUT2D eigenvalue weighted by molar-refractivity contribution is -0.118. The minimum absolute atomic E-state index is 0.167. The van der Waals surface area contributed by atoms with Crippen LogP contribution >= 0.6 is 0 Å². The first-order valence-electron chi connectivity index (χ1n) is 10.5. The summed E-state index contributed by atoms with van der Waals surface area (Å²) in [6.07, 6.45) is -0.221. The lowest BCUT2D eigenvalue weighted by Gasteiger charge is -2.14. The first kappa shape index (κ1) is 25.1. The summed E-state index contributed by atoms with van der Waals surface area (Å²) in [5.74, 6) is -0.175. The van der Waals surface area contributed by atoms with Crippen LogP contribution in [-0.4, -0.2) is 48.3 Å². The summed E-state index contributed by atoms with van der Waals surface area (Å²) in [7, 11) is 4.65. The molecule has 0 aliphatic heterocycles. The van der Waals surface area contributed by atoms with E-state index in [2.05, 4.69) is 10.0 Å². The van der Waals surface area contributed by atoms with Crippen LogP contribution in [0.5, 0.6) is 5.75 Å². The van der Waals surface area contributed by atoms with Gasteiger partial charge in [0.05, 0.1) is 17.0 Å². The SMILES string of the molecule is CNC(=O)C[S+]([O-])Nc1cccc(Cc2c(C)c3cc(C)c(OC(=O)N(C)C)cc3oc2=O)c1. The molecule has 3 aromatic rings. The summed E-state index contributed by atoms with van der Waals surface area (Å²) < 4.78 is 25.8. The molecule has 2 N–H and O–H groups in total. The zero-order chi connectivity index (χ0) is 25.0. The minimum atomic E-state index is -1.58. The highest BCUT2D eigenvalue weighted by molar-refractivity contribution is 7.93. The van der Waals surface area contributed by atoms with Crippen LogP contribution in [0.25, 0.3) is 11.0 Å². The van der Waals surface area contributed by atoms with Gasteiger partial charge in [-0.2, -0.15) is 0 Å². The van der Waals surface area contributed by atoms with Gasteiger partial charge < -0.3 is 23.9 Å². The highest BCUT2D eigenvalue weighted by Gasteiger charge is 2.17. The molecule has 0 aliphatic rings. The van der Waals surface area contributed by atoms with Crippen molar-refractivity contribution in [1.82, 2.24) is 10.2 Å². The van der Waals surface area contributed by atoms with Gasteiger partial charge in [-0.1, -0.05) is 12.1 Å². The Morgan fingerprint density at radius 1 is 1.18 bits per heavy atom. The second-order valence-electron chi connectivity index (χ2n) is 8.01. The molecule has 34 heavy (non-hydrogen) atoms. The number of nitrogens with zero attached hydrogens (tertiary/aromatic N) is 1. The van der Waals surface area contributed by atoms with Crippen LogP contribution in [0.15, 0.2) is 45.6 Å². The van der Waals surface area contributed by atoms with Crippen molar-refractivity contribution >= 4 is 40.0 Å². The van der Waals surface area contributed by atoms with Gasteiger partial charge in [-0.3, -0.25) is 4.79 Å². The Morgan fingerprint density at radius 3 is 2.59 bits per heavy atom. The maximum Gasteiger partial charge on any atom is 0.414 e. The van der Waals surface area contributed by atoms with Crippen molar-refractivity contribution in [3.05, 3.63) is 69.1 Å². The van der Waals surface area contributed by atoms with Gasteiger partial charge in [0.15, 0.2) is 0 Å². The number of hydrogen-bond acceptors (Lipinski definition) is 7. The molecule has 2 aromatic carbocycles. The molecular weight excluding hydrogens is 458 g/mol. The van der Waals surface area contributed by atoms with E-state index in [4.69, 9.17) is 9.15 Å². The molecule has 0 aliphatic carbocycles. The number of aryl methyl sites for hydroxylation is 2. The van der Waals surface area contributed by atoms with E-state index in [1.54, 1.807) is 38.4 Å². The maximum absolute atomic E-state index is 12.8. The topological polar surface area (TPSA) is 124 Å². The number of carbonyl (C=O) groups is 2. The monoisotopic (exact) mass is 485 g/mol. The van der Waals surface area contributed by atoms with E-state index < -0.39 is 23.1 Å². The number of rotatable bonds is 7. The molecule has 180 valence electrons. The summed E-state index contributed by atoms with van der Waals surface area (Å²) in [6, 6.07) is 10.5. The van der Waals surface area contributed by atoms with Crippen LogP contribution in [0, 0.1) is 13.8 Å². The predicted octanol–water partition coefficient (Wildman–Crippen LogP) is 2.88. The molecule has 1 unspecified atom stereocenters. The molecule has 1 atom stereocenters. The molecule has 9 nitrogen and oxygen atoms in total. The smallest absolute Gasteiger partial charge is 0.414 e. The van der Waals surface area contributed by atoms with Crippen LogP contribution < -0.4 is 20.4 Å². The van der Waals surface area contributed by atoms with Crippen molar-refractivity contribution in [3.63, 3.8) is 0 Å². The summed E-state index contributed by atoms with van der Waals surface area (Å²) >= 11 is -1.58. The highest BCUT2D eigenvalue weighted by Crippen LogP contribution is 2.29. The molecular formula is C24H27N3O6S. The van der Waals surface area contributed by atoms with Gasteiger partial charge in [-0.15, -0.1) is 0 Å². The Bertz CT molecular complexity index is 1290. The molecule has 3 rings (SSSR count). The zero-order valence-corrected chi connectivity index (χ0v) is 20.5. The Kier molecular flexibility index (Phi) is 7.85. The number of fused-ring (bicyclic) bond motifs is 1. The fourth-order valence-corrected chi connectivity index (χ4v) is 4.18. The van der Waals surface area contributed by atoms with Crippen LogP contribution in [-0.2, 0) is 22.6 Å². The van der Waals surface area contributed by atoms with E-state index >= 15 is 0 Å². The van der Waals surface area contributed by atoms with Crippen LogP contribution in [0.2, 0.25) is 0 Å². The van der Waals surface area contributed by atoms with Crippen LogP contribution in [0.3, 0.4) is 0 Å². The standard InChI is InChI=1S/C24H27N3O6S/c1-14-9-18-15(2)19(23(29)32-21(18)12-20(14)33-24(30)27(4)5)11-16-7-6-8-17(10-16)26-34(31)13-22(28)25-3/h6-10,12,26H,11,13H2,1-5H3,(H,25,28). The van der Waals surface area contributed by atoms with Crippen LogP contribution in [0.1, 0.15) is 22.3 Å². The first-order valence-corrected chi connectivity index (χ1v) is 11.8. The molecule has 10 heteroatoms. The fraction of sp³-hybridized carbons (Fsp3) is 0.292. The van der Waals surface area contributed by atoms with Crippen molar-refractivity contribution in [1.29, 1.82) is 0 Å². The number of amides is 2. The lowest BCUT2D eigenvalue weighted by Crippen LogP contribution is -2.30. The van der Waals surface area contributed by atoms with Crippen molar-refractivity contribution < 1.29 is 23.3 Å². The second kappa shape index (κ2) is 10.6. The average Bonchev–Trinajstić information content (AvgIpc) is 2.78. The van der Waals surface area contributed by atoms with Crippen molar-refractivity contribution in [2.24, 2.45) is 0 Å². The predicted molar refractivity (Wildman–Crippen MR) is 132 cm³/mol. The third-order valence-corrected chi connectivity index (χ3v) is 6.21. The molecule has 1 aromatic heterocycles. The van der Waals surface area contributed by atoms with E-state index in [1.165, 1.54) is 11.9 Å². The fourth-order valence-electron chi connectivity index (χ4n) is 3.33. The van der Waals surface area contributed by atoms with Crippen molar-refractivity contribution in [2.75, 3.05) is 31.6 Å². The number of nitrogens with one attached hydrogen (secondary N) is 2. The molecule has 0 spiro atoms. The summed E-state index contributed by atoms with van der Waals surface area (Å²) in [6.45, 7) is 3.66. The zero-order valence-electron chi connectivity index (χ0n) is 19.7. The van der Waals surface area contributed by atoms with Gasteiger partial charge in [0.25, 0.3) is 5.91 Å². The van der Waals surface area contributed by atoms with Gasteiger partial charge in [0, 0.05) is 44.6 Å². The number of benzene rings is 2. The number of hydrogen-bond donors (Lipinski definition) is 2. The van der Waals surface area contributed by atoms with Crippen molar-refractivity contribution in [2.45, 2.75) is 20.3 Å². The van der Waals surface area contributed by atoms with E-state index in [1.807, 2.05) is 26.0 Å². The van der Waals surface area contributed by atoms with Gasteiger partial charge in [0.2, 0.25) is 5.75 Å². The third kappa shape index (κ3) is 5.89. The third-order valence-electron chi connectivity index (χ3n) is 5.23. The van der Waals surface area contributed by atoms with Gasteiger partial charge in [-0.25, -0.2) is 14.3 Å². The summed E-state index contributed by atoms with van der Waals surface area (Å²) in [5.41, 5.74) is 3.22. The summed E-state index contributed by atoms with van der Waals surface area (Å²) in [5, 5.41) is 3.18. The Labute approximate surface area is 200 Å².